The molecule has 0 saturated heterocycles. The zero-order valence-corrected chi connectivity index (χ0v) is 11.2. The van der Waals surface area contributed by atoms with Crippen LogP contribution in [0.15, 0.2) is 24.5 Å². The van der Waals surface area contributed by atoms with Crippen LogP contribution >= 0.6 is 0 Å². The summed E-state index contributed by atoms with van der Waals surface area (Å²) in [7, 11) is 0. The molecule has 0 radical (unpaired) electrons. The lowest BCUT2D eigenvalue weighted by Crippen LogP contribution is -1.87. The Morgan fingerprint density at radius 2 is 1.73 bits per heavy atom. The predicted molar refractivity (Wildman–Crippen MR) is 70.7 cm³/mol. The van der Waals surface area contributed by atoms with Crippen molar-refractivity contribution in [2.75, 3.05) is 6.61 Å². The molecule has 0 fully saturated rings. The Morgan fingerprint density at radius 1 is 1.20 bits per heavy atom. The number of rotatable bonds is 3. The zero-order valence-electron chi connectivity index (χ0n) is 11.2. The number of allylic oxidation sites excluding steroid dienone is 3. The van der Waals surface area contributed by atoms with Gasteiger partial charge in [-0.1, -0.05) is 53.2 Å². The third-order valence-corrected chi connectivity index (χ3v) is 0.957. The quantitative estimate of drug-likeness (QED) is 0.377. The molecule has 0 atom stereocenters. The van der Waals surface area contributed by atoms with Crippen LogP contribution in [0.5, 0.6) is 0 Å². The monoisotopic (exact) mass is 210 g/mol. The summed E-state index contributed by atoms with van der Waals surface area (Å²) in [4.78, 5) is 0. The molecule has 0 amide bonds. The molecule has 0 saturated carbocycles. The normalized spacial score (nSPS) is 8.00. The fourth-order valence-electron chi connectivity index (χ4n) is 0.564. The van der Waals surface area contributed by atoms with E-state index in [0.717, 1.165) is 6.42 Å². The summed E-state index contributed by atoms with van der Waals surface area (Å²) in [6.45, 7) is 16.2. The molecule has 88 valence electrons. The fourth-order valence-corrected chi connectivity index (χ4v) is 0.564. The summed E-state index contributed by atoms with van der Waals surface area (Å²) in [5.41, 5.74) is 0. The summed E-state index contributed by atoms with van der Waals surface area (Å²) >= 11 is 0. The molecular formula is C14H26O. The minimum absolute atomic E-state index is 0.651. The summed E-state index contributed by atoms with van der Waals surface area (Å²) in [5, 5.41) is 0. The number of hydrogen-bond donors (Lipinski definition) is 0. The molecule has 0 heterocycles. The van der Waals surface area contributed by atoms with Crippen LogP contribution < -0.4 is 0 Å². The third-order valence-electron chi connectivity index (χ3n) is 0.957. The van der Waals surface area contributed by atoms with E-state index in [0.29, 0.717) is 12.4 Å². The lowest BCUT2D eigenvalue weighted by Gasteiger charge is -1.98. The van der Waals surface area contributed by atoms with Crippen LogP contribution in [-0.2, 0) is 4.74 Å². The van der Waals surface area contributed by atoms with Gasteiger partial charge in [-0.05, 0) is 18.9 Å². The molecule has 1 nitrogen and oxygen atoms in total. The second-order valence-electron chi connectivity index (χ2n) is 1.85. The second kappa shape index (κ2) is 23.0. The summed E-state index contributed by atoms with van der Waals surface area (Å²) in [5.74, 6) is 6.51. The standard InChI is InChI=1S/C10H14O.2C2H6/c1-4-7-9-10(8-5-2)11-6-3;2*1-2/h5,8H,2,4,6H2,1,3H3;2*1-2H3/b10-8-;;. The minimum atomic E-state index is 0.651. The van der Waals surface area contributed by atoms with Crippen molar-refractivity contribution in [2.24, 2.45) is 0 Å². The van der Waals surface area contributed by atoms with Crippen molar-refractivity contribution in [3.05, 3.63) is 24.5 Å². The second-order valence-corrected chi connectivity index (χ2v) is 1.85. The Balaban J connectivity index is -0.000000318. The largest absolute Gasteiger partial charge is 0.486 e. The van der Waals surface area contributed by atoms with Crippen LogP contribution in [0.25, 0.3) is 0 Å². The summed E-state index contributed by atoms with van der Waals surface area (Å²) in [6.07, 6.45) is 4.29. The van der Waals surface area contributed by atoms with Crippen LogP contribution in [0.4, 0.5) is 0 Å². The fraction of sp³-hybridized carbons (Fsp3) is 0.571. The Morgan fingerprint density at radius 3 is 2.07 bits per heavy atom. The lowest BCUT2D eigenvalue weighted by atomic mass is 10.4. The van der Waals surface area contributed by atoms with Gasteiger partial charge in [0.15, 0.2) is 5.76 Å². The topological polar surface area (TPSA) is 9.23 Å². The van der Waals surface area contributed by atoms with Crippen molar-refractivity contribution >= 4 is 0 Å². The molecule has 0 spiro atoms. The summed E-state index contributed by atoms with van der Waals surface area (Å²) in [6, 6.07) is 0. The van der Waals surface area contributed by atoms with Crippen molar-refractivity contribution in [1.82, 2.24) is 0 Å². The molecule has 0 rings (SSSR count). The van der Waals surface area contributed by atoms with Gasteiger partial charge >= 0.3 is 0 Å². The average molecular weight is 210 g/mol. The van der Waals surface area contributed by atoms with Gasteiger partial charge in [-0.15, -0.1) is 0 Å². The molecule has 0 bridgehead atoms. The highest BCUT2D eigenvalue weighted by molar-refractivity contribution is 5.25. The first-order valence-electron chi connectivity index (χ1n) is 5.79. The molecule has 0 unspecified atom stereocenters. The van der Waals surface area contributed by atoms with Gasteiger partial charge in [-0.2, -0.15) is 0 Å². The molecule has 0 N–H and O–H groups in total. The van der Waals surface area contributed by atoms with Crippen LogP contribution in [0, 0.1) is 11.8 Å². The summed E-state index contributed by atoms with van der Waals surface area (Å²) < 4.78 is 5.20. The van der Waals surface area contributed by atoms with Crippen LogP contribution in [-0.4, -0.2) is 6.61 Å². The Hall–Kier alpha value is -1.16. The molecule has 0 aliphatic rings. The Bertz CT molecular complexity index is 191. The van der Waals surface area contributed by atoms with Gasteiger partial charge in [-0.3, -0.25) is 0 Å². The van der Waals surface area contributed by atoms with Gasteiger partial charge in [0, 0.05) is 6.42 Å². The van der Waals surface area contributed by atoms with Gasteiger partial charge in [0.05, 0.1) is 6.61 Å². The van der Waals surface area contributed by atoms with Gasteiger partial charge in [0.25, 0.3) is 0 Å². The third kappa shape index (κ3) is 19.3. The highest BCUT2D eigenvalue weighted by Gasteiger charge is 1.85. The molecule has 0 aliphatic carbocycles. The van der Waals surface area contributed by atoms with Crippen molar-refractivity contribution in [3.63, 3.8) is 0 Å². The Kier molecular flexibility index (Phi) is 29.8. The van der Waals surface area contributed by atoms with E-state index >= 15 is 0 Å². The number of ether oxygens (including phenoxy) is 1. The van der Waals surface area contributed by atoms with E-state index in [1.165, 1.54) is 0 Å². The van der Waals surface area contributed by atoms with Crippen molar-refractivity contribution in [3.8, 4) is 11.8 Å². The highest BCUT2D eigenvalue weighted by atomic mass is 16.5. The first-order valence-corrected chi connectivity index (χ1v) is 5.79. The molecule has 1 heteroatoms. The average Bonchev–Trinajstić information content (AvgIpc) is 2.32. The molecule has 0 aliphatic heterocycles. The SMILES string of the molecule is C=C/C=C(/C#CCC)OCC.CC.CC. The van der Waals surface area contributed by atoms with E-state index in [1.807, 2.05) is 41.5 Å². The van der Waals surface area contributed by atoms with E-state index in [4.69, 9.17) is 4.74 Å². The van der Waals surface area contributed by atoms with Crippen molar-refractivity contribution in [2.45, 2.75) is 48.0 Å². The van der Waals surface area contributed by atoms with Crippen LogP contribution in [0.2, 0.25) is 0 Å². The van der Waals surface area contributed by atoms with E-state index in [2.05, 4.69) is 18.4 Å². The number of hydrogen-bond acceptors (Lipinski definition) is 1. The minimum Gasteiger partial charge on any atom is -0.486 e. The molecule has 0 aromatic rings. The van der Waals surface area contributed by atoms with Gasteiger partial charge in [-0.25, -0.2) is 0 Å². The van der Waals surface area contributed by atoms with E-state index in [1.54, 1.807) is 12.2 Å². The maximum absolute atomic E-state index is 5.20. The van der Waals surface area contributed by atoms with Crippen molar-refractivity contribution in [1.29, 1.82) is 0 Å². The molecule has 0 aromatic heterocycles. The maximum atomic E-state index is 5.20. The van der Waals surface area contributed by atoms with E-state index in [-0.39, 0.29) is 0 Å². The smallest absolute Gasteiger partial charge is 0.169 e. The molecular weight excluding hydrogens is 184 g/mol. The lowest BCUT2D eigenvalue weighted by molar-refractivity contribution is 0.246. The van der Waals surface area contributed by atoms with Gasteiger partial charge in [0.2, 0.25) is 0 Å². The predicted octanol–water partition coefficient (Wildman–Crippen LogP) is 4.56. The first kappa shape index (κ1) is 19.4. The van der Waals surface area contributed by atoms with Gasteiger partial charge in [0.1, 0.15) is 0 Å². The van der Waals surface area contributed by atoms with E-state index in [9.17, 15) is 0 Å². The van der Waals surface area contributed by atoms with Crippen LogP contribution in [0.3, 0.4) is 0 Å². The zero-order chi connectivity index (χ0) is 12.5. The highest BCUT2D eigenvalue weighted by Crippen LogP contribution is 1.94. The maximum Gasteiger partial charge on any atom is 0.169 e. The molecule has 0 aromatic carbocycles. The van der Waals surface area contributed by atoms with Crippen molar-refractivity contribution < 1.29 is 4.74 Å². The van der Waals surface area contributed by atoms with Crippen LogP contribution in [0.1, 0.15) is 48.0 Å². The Labute approximate surface area is 96.2 Å². The molecule has 15 heavy (non-hydrogen) atoms. The first-order chi connectivity index (χ1) is 7.35. The van der Waals surface area contributed by atoms with E-state index < -0.39 is 0 Å². The van der Waals surface area contributed by atoms with Gasteiger partial charge < -0.3 is 4.74 Å².